The first-order valence-electron chi connectivity index (χ1n) is 3.01. The van der Waals surface area contributed by atoms with Crippen molar-refractivity contribution in [2.75, 3.05) is 6.26 Å². The van der Waals surface area contributed by atoms with Crippen LogP contribution < -0.4 is 0 Å². The Morgan fingerprint density at radius 1 is 1.25 bits per heavy atom. The average Bonchev–Trinajstić information content (AvgIpc) is 1.62. The second kappa shape index (κ2) is 2.77. The van der Waals surface area contributed by atoms with Gasteiger partial charge in [-0.1, -0.05) is 27.7 Å². The van der Waals surface area contributed by atoms with Crippen LogP contribution in [0.25, 0.3) is 0 Å². The van der Waals surface area contributed by atoms with Gasteiger partial charge >= 0.3 is 0 Å². The highest BCUT2D eigenvalue weighted by Crippen LogP contribution is 2.27. The van der Waals surface area contributed by atoms with Crippen LogP contribution in [0.4, 0.5) is 0 Å². The fourth-order valence-electron chi connectivity index (χ4n) is 0.354. The monoisotopic (exact) mass is 132 g/mol. The molecule has 1 atom stereocenters. The van der Waals surface area contributed by atoms with E-state index in [1.807, 2.05) is 11.8 Å². The van der Waals surface area contributed by atoms with Crippen molar-refractivity contribution in [3.63, 3.8) is 0 Å². The molecule has 0 aliphatic carbocycles. The van der Waals surface area contributed by atoms with E-state index in [0.29, 0.717) is 5.41 Å². The number of rotatable bonds is 1. The molecule has 0 unspecified atom stereocenters. The van der Waals surface area contributed by atoms with Crippen LogP contribution in [0, 0.1) is 5.41 Å². The summed E-state index contributed by atoms with van der Waals surface area (Å²) in [5.41, 5.74) is 0.472. The molecule has 0 radical (unpaired) electrons. The summed E-state index contributed by atoms with van der Waals surface area (Å²) < 4.78 is 0. The maximum Gasteiger partial charge on any atom is 0.00645 e. The highest BCUT2D eigenvalue weighted by Gasteiger charge is 2.17. The van der Waals surface area contributed by atoms with Crippen LogP contribution in [0.15, 0.2) is 0 Å². The van der Waals surface area contributed by atoms with E-state index in [1.54, 1.807) is 0 Å². The molecule has 0 aromatic rings. The molecule has 0 rings (SSSR count). The molecule has 1 heteroatoms. The predicted molar refractivity (Wildman–Crippen MR) is 42.4 cm³/mol. The zero-order chi connectivity index (χ0) is 6.78. The Bertz CT molecular complexity index is 61.3. The first kappa shape index (κ1) is 8.35. The minimum absolute atomic E-state index is 0.472. The van der Waals surface area contributed by atoms with E-state index in [4.69, 9.17) is 0 Å². The highest BCUT2D eigenvalue weighted by atomic mass is 32.2. The van der Waals surface area contributed by atoms with Crippen molar-refractivity contribution in [2.45, 2.75) is 32.9 Å². The molecule has 50 valence electrons. The van der Waals surface area contributed by atoms with Gasteiger partial charge in [0.2, 0.25) is 0 Å². The zero-order valence-electron chi connectivity index (χ0n) is 6.49. The molecule has 0 amide bonds. The average molecular weight is 132 g/mol. The zero-order valence-corrected chi connectivity index (χ0v) is 7.30. The molecule has 0 spiro atoms. The van der Waals surface area contributed by atoms with E-state index in [0.717, 1.165) is 5.25 Å². The molecule has 0 aromatic heterocycles. The van der Waals surface area contributed by atoms with Crippen molar-refractivity contribution < 1.29 is 0 Å². The lowest BCUT2D eigenvalue weighted by Crippen LogP contribution is -2.18. The molecule has 8 heavy (non-hydrogen) atoms. The van der Waals surface area contributed by atoms with E-state index in [-0.39, 0.29) is 0 Å². The lowest BCUT2D eigenvalue weighted by molar-refractivity contribution is 0.411. The van der Waals surface area contributed by atoms with Crippen molar-refractivity contribution in [3.8, 4) is 0 Å². The maximum atomic E-state index is 2.27. The molecule has 0 aromatic carbocycles. The smallest absolute Gasteiger partial charge is 0.00645 e. The van der Waals surface area contributed by atoms with Crippen LogP contribution in [0.2, 0.25) is 0 Å². The summed E-state index contributed by atoms with van der Waals surface area (Å²) in [5.74, 6) is 0. The van der Waals surface area contributed by atoms with Gasteiger partial charge in [-0.2, -0.15) is 11.8 Å². The van der Waals surface area contributed by atoms with Crippen LogP contribution in [0.1, 0.15) is 27.7 Å². The van der Waals surface area contributed by atoms with Crippen LogP contribution in [-0.4, -0.2) is 11.5 Å². The Morgan fingerprint density at radius 2 is 1.62 bits per heavy atom. The molecule has 0 bridgehead atoms. The molecule has 0 nitrogen and oxygen atoms in total. The summed E-state index contributed by atoms with van der Waals surface area (Å²) in [7, 11) is 0. The summed E-state index contributed by atoms with van der Waals surface area (Å²) in [5, 5.41) is 0.766. The topological polar surface area (TPSA) is 0 Å². The molecule has 0 aliphatic rings. The quantitative estimate of drug-likeness (QED) is 0.528. The van der Waals surface area contributed by atoms with Crippen molar-refractivity contribution in [1.82, 2.24) is 0 Å². The third-order valence-electron chi connectivity index (χ3n) is 1.57. The third kappa shape index (κ3) is 2.61. The largest absolute Gasteiger partial charge is 0.162 e. The predicted octanol–water partition coefficient (Wildman–Crippen LogP) is 2.78. The van der Waals surface area contributed by atoms with E-state index in [2.05, 4.69) is 34.0 Å². The Hall–Kier alpha value is 0.350. The van der Waals surface area contributed by atoms with Gasteiger partial charge in [0.05, 0.1) is 0 Å². The van der Waals surface area contributed by atoms with E-state index >= 15 is 0 Å². The molecule has 0 N–H and O–H groups in total. The third-order valence-corrected chi connectivity index (χ3v) is 2.99. The maximum absolute atomic E-state index is 2.27. The van der Waals surface area contributed by atoms with Crippen molar-refractivity contribution >= 4 is 11.8 Å². The molecule has 0 saturated heterocycles. The second-order valence-electron chi connectivity index (χ2n) is 3.24. The summed E-state index contributed by atoms with van der Waals surface area (Å²) in [6.07, 6.45) is 2.16. The lowest BCUT2D eigenvalue weighted by Gasteiger charge is -2.24. The summed E-state index contributed by atoms with van der Waals surface area (Å²) >= 11 is 1.93. The Labute approximate surface area is 57.1 Å². The van der Waals surface area contributed by atoms with Crippen LogP contribution in [0.5, 0.6) is 0 Å². The highest BCUT2D eigenvalue weighted by molar-refractivity contribution is 7.99. The molecular formula is C7H16S. The number of hydrogen-bond acceptors (Lipinski definition) is 1. The van der Waals surface area contributed by atoms with Crippen LogP contribution in [0.3, 0.4) is 0 Å². The van der Waals surface area contributed by atoms with Gasteiger partial charge in [-0.3, -0.25) is 0 Å². The number of hydrogen-bond donors (Lipinski definition) is 0. The SMILES string of the molecule is CS[C@@H](C)C(C)(C)C. The van der Waals surface area contributed by atoms with Gasteiger partial charge in [0.15, 0.2) is 0 Å². The first-order chi connectivity index (χ1) is 3.48. The molecule has 0 aliphatic heterocycles. The van der Waals surface area contributed by atoms with Gasteiger partial charge in [0, 0.05) is 5.25 Å². The number of thioether (sulfide) groups is 1. The summed E-state index contributed by atoms with van der Waals surface area (Å²) in [6, 6.07) is 0. The Kier molecular flexibility index (Phi) is 2.89. The fraction of sp³-hybridized carbons (Fsp3) is 1.00. The molecular weight excluding hydrogens is 116 g/mol. The van der Waals surface area contributed by atoms with Crippen molar-refractivity contribution in [2.24, 2.45) is 5.41 Å². The van der Waals surface area contributed by atoms with E-state index < -0.39 is 0 Å². The Balaban J connectivity index is 3.62. The Morgan fingerprint density at radius 3 is 1.62 bits per heavy atom. The first-order valence-corrected chi connectivity index (χ1v) is 4.30. The molecule has 0 fully saturated rings. The molecule has 0 heterocycles. The minimum Gasteiger partial charge on any atom is -0.162 e. The summed E-state index contributed by atoms with van der Waals surface area (Å²) in [4.78, 5) is 0. The molecule has 0 saturated carbocycles. The van der Waals surface area contributed by atoms with Gasteiger partial charge in [-0.25, -0.2) is 0 Å². The van der Waals surface area contributed by atoms with Gasteiger partial charge in [0.25, 0.3) is 0 Å². The van der Waals surface area contributed by atoms with Gasteiger partial charge in [-0.15, -0.1) is 0 Å². The summed E-state index contributed by atoms with van der Waals surface area (Å²) in [6.45, 7) is 9.08. The van der Waals surface area contributed by atoms with Gasteiger partial charge in [-0.05, 0) is 11.7 Å². The van der Waals surface area contributed by atoms with Gasteiger partial charge in [0.1, 0.15) is 0 Å². The lowest BCUT2D eigenvalue weighted by atomic mass is 9.93. The van der Waals surface area contributed by atoms with Crippen LogP contribution in [-0.2, 0) is 0 Å². The standard InChI is InChI=1S/C7H16S/c1-6(8-5)7(2,3)4/h6H,1-5H3/t6-/m0/s1. The van der Waals surface area contributed by atoms with Gasteiger partial charge < -0.3 is 0 Å². The van der Waals surface area contributed by atoms with E-state index in [1.165, 1.54) is 0 Å². The van der Waals surface area contributed by atoms with Crippen molar-refractivity contribution in [3.05, 3.63) is 0 Å². The second-order valence-corrected chi connectivity index (χ2v) is 4.42. The van der Waals surface area contributed by atoms with Crippen LogP contribution >= 0.6 is 11.8 Å². The van der Waals surface area contributed by atoms with Crippen molar-refractivity contribution in [1.29, 1.82) is 0 Å². The normalized spacial score (nSPS) is 16.1. The minimum atomic E-state index is 0.472. The fourth-order valence-corrected chi connectivity index (χ4v) is 1.06. The van der Waals surface area contributed by atoms with E-state index in [9.17, 15) is 0 Å².